The van der Waals surface area contributed by atoms with Gasteiger partial charge in [0.2, 0.25) is 0 Å². The summed E-state index contributed by atoms with van der Waals surface area (Å²) in [5.41, 5.74) is 5.28. The maximum absolute atomic E-state index is 2.27. The van der Waals surface area contributed by atoms with E-state index in [4.69, 9.17) is 0 Å². The largest absolute Gasteiger partial charge is 0.344 e. The fourth-order valence-corrected chi connectivity index (χ4v) is 2.91. The lowest BCUT2D eigenvalue weighted by atomic mass is 10.1. The molecule has 0 saturated carbocycles. The molecule has 1 aliphatic rings. The van der Waals surface area contributed by atoms with E-state index in [1.807, 2.05) is 32.0 Å². The summed E-state index contributed by atoms with van der Waals surface area (Å²) in [6.07, 6.45) is 9.00. The Morgan fingerprint density at radius 1 is 0.800 bits per heavy atom. The van der Waals surface area contributed by atoms with Crippen LogP contribution in [-0.4, -0.2) is 4.57 Å². The van der Waals surface area contributed by atoms with Gasteiger partial charge in [-0.1, -0.05) is 93.1 Å². The summed E-state index contributed by atoms with van der Waals surface area (Å²) < 4.78 is 2.27. The van der Waals surface area contributed by atoms with Crippen molar-refractivity contribution in [1.29, 1.82) is 0 Å². The van der Waals surface area contributed by atoms with Crippen LogP contribution < -0.4 is 0 Å². The monoisotopic (exact) mass is 331 g/mol. The quantitative estimate of drug-likeness (QED) is 0.423. The second kappa shape index (κ2) is 9.08. The molecule has 2 aromatic carbocycles. The number of rotatable bonds is 0. The van der Waals surface area contributed by atoms with Gasteiger partial charge >= 0.3 is 0 Å². The van der Waals surface area contributed by atoms with Gasteiger partial charge in [0.25, 0.3) is 0 Å². The molecule has 0 bridgehead atoms. The number of benzene rings is 2. The van der Waals surface area contributed by atoms with Gasteiger partial charge in [-0.15, -0.1) is 0 Å². The van der Waals surface area contributed by atoms with Gasteiger partial charge in [-0.05, 0) is 25.0 Å². The van der Waals surface area contributed by atoms with Crippen LogP contribution in [-0.2, 0) is 7.05 Å². The van der Waals surface area contributed by atoms with Crippen LogP contribution in [0.3, 0.4) is 0 Å². The van der Waals surface area contributed by atoms with E-state index in [2.05, 4.69) is 86.2 Å². The zero-order chi connectivity index (χ0) is 18.2. The summed E-state index contributed by atoms with van der Waals surface area (Å²) in [5, 5.41) is 1.34. The molecule has 1 heterocycles. The highest BCUT2D eigenvalue weighted by Crippen LogP contribution is 2.29. The Kier molecular flexibility index (Phi) is 6.82. The van der Waals surface area contributed by atoms with Crippen LogP contribution in [0.25, 0.3) is 23.1 Å². The first-order chi connectivity index (χ1) is 12.2. The molecule has 0 aliphatic heterocycles. The van der Waals surface area contributed by atoms with Crippen LogP contribution in [0.5, 0.6) is 0 Å². The maximum Gasteiger partial charge on any atom is 0.0488 e. The summed E-state index contributed by atoms with van der Waals surface area (Å²) in [5.74, 6) is 0.520. The van der Waals surface area contributed by atoms with Crippen LogP contribution in [0, 0.1) is 12.8 Å². The molecule has 4 rings (SSSR count). The van der Waals surface area contributed by atoms with Gasteiger partial charge in [-0.25, -0.2) is 0 Å². The van der Waals surface area contributed by atoms with Gasteiger partial charge in [-0.3, -0.25) is 0 Å². The van der Waals surface area contributed by atoms with Crippen LogP contribution in [0.15, 0.2) is 66.7 Å². The average Bonchev–Trinajstić information content (AvgIpc) is 2.79. The van der Waals surface area contributed by atoms with E-state index in [0.29, 0.717) is 5.92 Å². The number of fused-ring (bicyclic) bond motifs is 3. The molecule has 3 aromatic rings. The van der Waals surface area contributed by atoms with E-state index >= 15 is 0 Å². The van der Waals surface area contributed by atoms with E-state index in [1.165, 1.54) is 27.7 Å². The predicted molar refractivity (Wildman–Crippen MR) is 113 cm³/mol. The fraction of sp³-hybridized carbons (Fsp3) is 0.250. The molecular formula is C24H29N. The molecule has 1 aromatic heterocycles. The molecule has 0 radical (unpaired) electrons. The average molecular weight is 332 g/mol. The van der Waals surface area contributed by atoms with Crippen LogP contribution in [0.4, 0.5) is 0 Å². The predicted octanol–water partition coefficient (Wildman–Crippen LogP) is 6.88. The van der Waals surface area contributed by atoms with Crippen molar-refractivity contribution in [2.75, 3.05) is 0 Å². The van der Waals surface area contributed by atoms with Crippen LogP contribution in [0.1, 0.15) is 37.6 Å². The van der Waals surface area contributed by atoms with E-state index < -0.39 is 0 Å². The normalized spacial score (nSPS) is 14.7. The molecule has 1 aliphatic carbocycles. The molecular weight excluding hydrogens is 302 g/mol. The van der Waals surface area contributed by atoms with Gasteiger partial charge in [0.1, 0.15) is 0 Å². The lowest BCUT2D eigenvalue weighted by Gasteiger charge is -1.99. The van der Waals surface area contributed by atoms with Crippen molar-refractivity contribution in [1.82, 2.24) is 4.57 Å². The number of hydrogen-bond acceptors (Lipinski definition) is 0. The third kappa shape index (κ3) is 4.51. The van der Waals surface area contributed by atoms with Gasteiger partial charge in [0.05, 0.1) is 0 Å². The highest BCUT2D eigenvalue weighted by atomic mass is 14.9. The zero-order valence-electron chi connectivity index (χ0n) is 16.0. The molecule has 1 atom stereocenters. The first-order valence-corrected chi connectivity index (χ1v) is 9.12. The Hall–Kier alpha value is -2.54. The Labute approximate surface area is 152 Å². The Bertz CT molecular complexity index is 850. The Morgan fingerprint density at radius 2 is 1.40 bits per heavy atom. The second-order valence-corrected chi connectivity index (χ2v) is 6.11. The highest BCUT2D eigenvalue weighted by Gasteiger charge is 2.12. The minimum atomic E-state index is 0.520. The lowest BCUT2D eigenvalue weighted by Crippen LogP contribution is -1.90. The molecule has 0 amide bonds. The molecule has 0 spiro atoms. The molecule has 1 nitrogen and oxygen atoms in total. The van der Waals surface area contributed by atoms with Crippen molar-refractivity contribution in [2.24, 2.45) is 13.0 Å². The second-order valence-electron chi connectivity index (χ2n) is 6.11. The minimum Gasteiger partial charge on any atom is -0.344 e. The van der Waals surface area contributed by atoms with E-state index in [-0.39, 0.29) is 0 Å². The summed E-state index contributed by atoms with van der Waals surface area (Å²) in [4.78, 5) is 0. The molecule has 0 fully saturated rings. The Morgan fingerprint density at radius 3 is 2.04 bits per heavy atom. The zero-order valence-corrected chi connectivity index (χ0v) is 16.0. The molecule has 130 valence electrons. The third-order valence-corrected chi connectivity index (χ3v) is 4.26. The number of aryl methyl sites for hydroxylation is 2. The van der Waals surface area contributed by atoms with Crippen molar-refractivity contribution in [3.05, 3.63) is 83.6 Å². The summed E-state index contributed by atoms with van der Waals surface area (Å²) in [7, 11) is 2.13. The summed E-state index contributed by atoms with van der Waals surface area (Å²) in [6.45, 7) is 8.29. The van der Waals surface area contributed by atoms with Gasteiger partial charge in [0.15, 0.2) is 0 Å². The van der Waals surface area contributed by atoms with Crippen molar-refractivity contribution in [2.45, 2.75) is 27.7 Å². The van der Waals surface area contributed by atoms with Gasteiger partial charge < -0.3 is 4.57 Å². The van der Waals surface area contributed by atoms with E-state index in [9.17, 15) is 0 Å². The standard InChI is InChI=1S/C15H15N.C7H8.C2H6/c1-11-7-9-13-12-5-3-4-6-14(12)16(2)15(13)10-8-11;1-7-5-3-2-4-6-7;1-2/h3-11H,1-2H3;2-6H,1H3;1-2H3. The van der Waals surface area contributed by atoms with Crippen LogP contribution >= 0.6 is 0 Å². The molecule has 1 heteroatoms. The minimum absolute atomic E-state index is 0.520. The molecule has 1 unspecified atom stereocenters. The number of aromatic nitrogens is 1. The van der Waals surface area contributed by atoms with Crippen molar-refractivity contribution in [3.8, 4) is 0 Å². The number of nitrogens with zero attached hydrogens (tertiary/aromatic N) is 1. The third-order valence-electron chi connectivity index (χ3n) is 4.26. The SMILES string of the molecule is CC.CC1C=Cc2c(n(C)c3ccccc23)C=C1.Cc1ccccc1. The molecule has 0 N–H and O–H groups in total. The van der Waals surface area contributed by atoms with Crippen molar-refractivity contribution in [3.63, 3.8) is 0 Å². The Balaban J connectivity index is 0.000000211. The topological polar surface area (TPSA) is 4.93 Å². The maximum atomic E-state index is 2.27. The first-order valence-electron chi connectivity index (χ1n) is 9.12. The number of para-hydroxylation sites is 1. The first kappa shape index (κ1) is 18.8. The smallest absolute Gasteiger partial charge is 0.0488 e. The van der Waals surface area contributed by atoms with E-state index in [1.54, 1.807) is 0 Å². The lowest BCUT2D eigenvalue weighted by molar-refractivity contribution is 0.940. The van der Waals surface area contributed by atoms with E-state index in [0.717, 1.165) is 0 Å². The van der Waals surface area contributed by atoms with Gasteiger partial charge in [0, 0.05) is 29.2 Å². The molecule has 0 saturated heterocycles. The number of allylic oxidation sites excluding steroid dienone is 2. The van der Waals surface area contributed by atoms with Crippen molar-refractivity contribution >= 4 is 23.1 Å². The fourth-order valence-electron chi connectivity index (χ4n) is 2.91. The highest BCUT2D eigenvalue weighted by molar-refractivity contribution is 5.94. The van der Waals surface area contributed by atoms with Crippen molar-refractivity contribution < 1.29 is 0 Å². The molecule has 25 heavy (non-hydrogen) atoms. The summed E-state index contributed by atoms with van der Waals surface area (Å²) in [6, 6.07) is 18.8. The summed E-state index contributed by atoms with van der Waals surface area (Å²) >= 11 is 0. The van der Waals surface area contributed by atoms with Gasteiger partial charge in [-0.2, -0.15) is 0 Å². The number of hydrogen-bond donors (Lipinski definition) is 0. The van der Waals surface area contributed by atoms with Crippen LogP contribution in [0.2, 0.25) is 0 Å².